The maximum absolute atomic E-state index is 15.0. The van der Waals surface area contributed by atoms with Crippen LogP contribution in [0.1, 0.15) is 81.2 Å². The third-order valence-corrected chi connectivity index (χ3v) is 9.41. The van der Waals surface area contributed by atoms with Crippen LogP contribution in [0.5, 0.6) is 11.6 Å². The number of nitrogens with zero attached hydrogens (tertiary/aromatic N) is 2. The second-order valence-electron chi connectivity index (χ2n) is 12.2. The van der Waals surface area contributed by atoms with Gasteiger partial charge in [-0.15, -0.1) is 0 Å². The summed E-state index contributed by atoms with van der Waals surface area (Å²) in [5.74, 6) is -0.384. The molecule has 42 heavy (non-hydrogen) atoms. The number of aryl methyl sites for hydroxylation is 1. The van der Waals surface area contributed by atoms with Crippen molar-refractivity contribution in [3.8, 4) is 22.8 Å². The number of hydrogen-bond donors (Lipinski definition) is 1. The number of hydrogen-bond acceptors (Lipinski definition) is 6. The minimum Gasteiger partial charge on any atom is -0.591 e. The molecule has 0 spiro atoms. The fourth-order valence-electron chi connectivity index (χ4n) is 5.54. The summed E-state index contributed by atoms with van der Waals surface area (Å²) < 4.78 is 43.2. The number of carboxylic acids is 1. The van der Waals surface area contributed by atoms with Gasteiger partial charge in [-0.05, 0) is 92.7 Å². The molecule has 4 atom stereocenters. The molecule has 1 unspecified atom stereocenters. The van der Waals surface area contributed by atoms with E-state index in [1.165, 1.54) is 19.4 Å². The van der Waals surface area contributed by atoms with Crippen molar-refractivity contribution in [2.24, 2.45) is 16.2 Å². The van der Waals surface area contributed by atoms with Gasteiger partial charge in [0.25, 0.3) is 0 Å². The van der Waals surface area contributed by atoms with Crippen LogP contribution in [0.2, 0.25) is 0 Å². The Morgan fingerprint density at radius 2 is 1.95 bits per heavy atom. The molecule has 2 aliphatic rings. The molecule has 1 fully saturated rings. The fourth-order valence-corrected chi connectivity index (χ4v) is 6.07. The van der Waals surface area contributed by atoms with Gasteiger partial charge >= 0.3 is 5.97 Å². The van der Waals surface area contributed by atoms with Gasteiger partial charge in [-0.3, -0.25) is 4.79 Å². The maximum atomic E-state index is 15.0. The van der Waals surface area contributed by atoms with E-state index in [-0.39, 0.29) is 17.9 Å². The number of methoxy groups -OCH3 is 1. The monoisotopic (exact) mass is 592 g/mol. The lowest BCUT2D eigenvalue weighted by Crippen LogP contribution is -2.25. The van der Waals surface area contributed by atoms with Crippen molar-refractivity contribution in [3.63, 3.8) is 0 Å². The second-order valence-corrected chi connectivity index (χ2v) is 14.1. The first-order chi connectivity index (χ1) is 20.0. The van der Waals surface area contributed by atoms with Gasteiger partial charge in [0, 0.05) is 17.2 Å². The highest BCUT2D eigenvalue weighted by Crippen LogP contribution is 2.48. The highest BCUT2D eigenvalue weighted by molar-refractivity contribution is 7.91. The molecule has 0 radical (unpaired) electrons. The molecule has 0 amide bonds. The van der Waals surface area contributed by atoms with Crippen LogP contribution in [0.15, 0.2) is 53.1 Å². The molecular formula is C33H37FN2O5S. The maximum Gasteiger partial charge on any atom is 0.306 e. The van der Waals surface area contributed by atoms with Crippen molar-refractivity contribution in [2.45, 2.75) is 70.1 Å². The molecule has 5 rings (SSSR count). The Kier molecular flexibility index (Phi) is 8.62. The number of aliphatic carboxylic acids is 1. The molecule has 1 saturated carbocycles. The molecule has 0 saturated heterocycles. The van der Waals surface area contributed by atoms with Crippen LogP contribution >= 0.6 is 0 Å². The number of ether oxygens (including phenoxy) is 2. The van der Waals surface area contributed by atoms with Gasteiger partial charge in [-0.2, -0.15) is 0 Å². The molecule has 3 aromatic rings. The summed E-state index contributed by atoms with van der Waals surface area (Å²) in [5, 5.41) is 9.72. The molecule has 1 aliphatic heterocycles. The Morgan fingerprint density at radius 3 is 2.62 bits per heavy atom. The number of halogens is 1. The standard InChI is InChI=1S/C33H37FN2O5S/c1-19(32(37)38)31(21-7-8-21)23-9-6-20-11-13-28(41-29(20)15-23)22-10-12-25(26-16-30(40-5)35-18-27(26)34)24(14-22)17-36-42(39)33(2,3)4/h6,9-10,12,14-19,21,28,31H,7-8,11,13H2,1-5H3,(H,37,38)/b36-17+/t19-,28+,31-,42?/m0/s1. The molecular weight excluding hydrogens is 555 g/mol. The molecule has 9 heteroatoms. The van der Waals surface area contributed by atoms with Crippen LogP contribution < -0.4 is 9.47 Å². The van der Waals surface area contributed by atoms with Crippen molar-refractivity contribution >= 4 is 23.5 Å². The molecule has 2 aromatic carbocycles. The summed E-state index contributed by atoms with van der Waals surface area (Å²) in [4.78, 5) is 15.8. The highest BCUT2D eigenvalue weighted by atomic mass is 32.2. The van der Waals surface area contributed by atoms with Gasteiger partial charge in [0.1, 0.15) is 33.8 Å². The van der Waals surface area contributed by atoms with E-state index in [9.17, 15) is 18.8 Å². The first kappa shape index (κ1) is 30.0. The Morgan fingerprint density at radius 1 is 1.19 bits per heavy atom. The van der Waals surface area contributed by atoms with Crippen molar-refractivity contribution in [1.82, 2.24) is 4.98 Å². The molecule has 0 bridgehead atoms. The van der Waals surface area contributed by atoms with Crippen LogP contribution in [0, 0.1) is 17.7 Å². The zero-order chi connectivity index (χ0) is 30.2. The Balaban J connectivity index is 1.49. The third kappa shape index (κ3) is 6.47. The number of benzene rings is 2. The first-order valence-corrected chi connectivity index (χ1v) is 15.4. The SMILES string of the molecule is COc1cc(-c2ccc([C@H]3CCc4ccc([C@H](C5CC5)[C@H](C)C(=O)O)cc4O3)cc2/C=N/[S+]([O-])C(C)(C)C)c(F)cn1. The lowest BCUT2D eigenvalue weighted by molar-refractivity contribution is -0.142. The van der Waals surface area contributed by atoms with E-state index in [0.29, 0.717) is 22.6 Å². The third-order valence-electron chi connectivity index (χ3n) is 8.07. The van der Waals surface area contributed by atoms with E-state index in [0.717, 1.165) is 54.3 Å². The number of carboxylic acid groups (broad SMARTS) is 1. The largest absolute Gasteiger partial charge is 0.591 e. The summed E-state index contributed by atoms with van der Waals surface area (Å²) in [6.07, 6.45) is 6.02. The number of carbonyl (C=O) groups is 1. The predicted molar refractivity (Wildman–Crippen MR) is 162 cm³/mol. The minimum absolute atomic E-state index is 0.0465. The summed E-state index contributed by atoms with van der Waals surface area (Å²) in [6, 6.07) is 13.3. The summed E-state index contributed by atoms with van der Waals surface area (Å²) in [7, 11) is 1.47. The van der Waals surface area contributed by atoms with Crippen LogP contribution in [0.25, 0.3) is 11.1 Å². The van der Waals surface area contributed by atoms with E-state index in [2.05, 4.69) is 21.5 Å². The predicted octanol–water partition coefficient (Wildman–Crippen LogP) is 7.06. The van der Waals surface area contributed by atoms with E-state index in [1.54, 1.807) is 6.92 Å². The van der Waals surface area contributed by atoms with Gasteiger partial charge < -0.3 is 19.1 Å². The molecule has 7 nitrogen and oxygen atoms in total. The van der Waals surface area contributed by atoms with E-state index in [4.69, 9.17) is 9.47 Å². The average molecular weight is 593 g/mol. The summed E-state index contributed by atoms with van der Waals surface area (Å²) >= 11 is -1.50. The molecule has 1 N–H and O–H groups in total. The zero-order valence-electron chi connectivity index (χ0n) is 24.6. The van der Waals surface area contributed by atoms with Crippen LogP contribution in [0.3, 0.4) is 0 Å². The second kappa shape index (κ2) is 12.1. The fraction of sp³-hybridized carbons (Fsp3) is 0.424. The van der Waals surface area contributed by atoms with Crippen molar-refractivity contribution in [3.05, 3.63) is 76.7 Å². The minimum atomic E-state index is -1.50. The molecule has 222 valence electrons. The Hall–Kier alpha value is -3.43. The van der Waals surface area contributed by atoms with Crippen LogP contribution in [0.4, 0.5) is 4.39 Å². The van der Waals surface area contributed by atoms with Gasteiger partial charge in [0.05, 0.1) is 25.4 Å². The van der Waals surface area contributed by atoms with Crippen molar-refractivity contribution in [1.29, 1.82) is 0 Å². The van der Waals surface area contributed by atoms with E-state index < -0.39 is 33.8 Å². The summed E-state index contributed by atoms with van der Waals surface area (Å²) in [5.41, 5.74) is 4.45. The number of pyridine rings is 1. The normalized spacial score (nSPS) is 19.1. The van der Waals surface area contributed by atoms with Gasteiger partial charge in [0.15, 0.2) is 0 Å². The van der Waals surface area contributed by atoms with Crippen molar-refractivity contribution in [2.75, 3.05) is 7.11 Å². The van der Waals surface area contributed by atoms with E-state index in [1.807, 2.05) is 45.0 Å². The lowest BCUT2D eigenvalue weighted by atomic mass is 9.82. The number of rotatable bonds is 9. The average Bonchev–Trinajstić information content (AvgIpc) is 3.80. The van der Waals surface area contributed by atoms with Gasteiger partial charge in [-0.1, -0.05) is 35.6 Å². The Labute approximate surface area is 249 Å². The van der Waals surface area contributed by atoms with Crippen LogP contribution in [-0.4, -0.2) is 38.7 Å². The van der Waals surface area contributed by atoms with Gasteiger partial charge in [-0.25, -0.2) is 9.37 Å². The molecule has 1 aromatic heterocycles. The number of aromatic nitrogens is 1. The highest BCUT2D eigenvalue weighted by Gasteiger charge is 2.39. The topological polar surface area (TPSA) is 104 Å². The lowest BCUT2D eigenvalue weighted by Gasteiger charge is -2.29. The zero-order valence-corrected chi connectivity index (χ0v) is 25.4. The number of fused-ring (bicyclic) bond motifs is 1. The van der Waals surface area contributed by atoms with E-state index >= 15 is 0 Å². The van der Waals surface area contributed by atoms with Gasteiger partial charge in [0.2, 0.25) is 5.88 Å². The van der Waals surface area contributed by atoms with Crippen molar-refractivity contribution < 1.29 is 28.3 Å². The smallest absolute Gasteiger partial charge is 0.306 e. The summed E-state index contributed by atoms with van der Waals surface area (Å²) in [6.45, 7) is 7.32. The molecule has 1 aliphatic carbocycles. The van der Waals surface area contributed by atoms with Crippen LogP contribution in [-0.2, 0) is 22.6 Å². The quantitative estimate of drug-likeness (QED) is 0.211. The first-order valence-electron chi connectivity index (χ1n) is 14.3. The molecule has 2 heterocycles. The Bertz CT molecular complexity index is 1500.